The summed E-state index contributed by atoms with van der Waals surface area (Å²) >= 11 is 1.58. The summed E-state index contributed by atoms with van der Waals surface area (Å²) in [4.78, 5) is 27.4. The maximum absolute atomic E-state index is 12.2. The van der Waals surface area contributed by atoms with Gasteiger partial charge in [0.2, 0.25) is 5.91 Å². The lowest BCUT2D eigenvalue weighted by atomic mass is 10.0. The zero-order valence-electron chi connectivity index (χ0n) is 15.4. The number of hydrogen-bond acceptors (Lipinski definition) is 5. The number of carbonyl (C=O) groups is 2. The highest BCUT2D eigenvalue weighted by Crippen LogP contribution is 2.28. The fourth-order valence-electron chi connectivity index (χ4n) is 3.20. The molecule has 3 rings (SSSR count). The number of amides is 1. The second-order valence-electron chi connectivity index (χ2n) is 6.48. The van der Waals surface area contributed by atoms with Crippen LogP contribution in [0, 0.1) is 0 Å². The topological polar surface area (TPSA) is 58.6 Å². The third-order valence-electron chi connectivity index (χ3n) is 4.55. The van der Waals surface area contributed by atoms with E-state index in [0.29, 0.717) is 5.69 Å². The molecule has 1 aliphatic heterocycles. The molecule has 0 aliphatic carbocycles. The normalized spacial score (nSPS) is 14.3. The van der Waals surface area contributed by atoms with Crippen LogP contribution in [0.5, 0.6) is 0 Å². The van der Waals surface area contributed by atoms with Crippen molar-refractivity contribution >= 4 is 40.7 Å². The van der Waals surface area contributed by atoms with Crippen LogP contribution in [0.15, 0.2) is 41.8 Å². The second kappa shape index (κ2) is 9.37. The maximum atomic E-state index is 12.2. The van der Waals surface area contributed by atoms with Gasteiger partial charge in [-0.15, -0.1) is 11.3 Å². The van der Waals surface area contributed by atoms with Crippen molar-refractivity contribution in [3.8, 4) is 0 Å². The molecule has 0 radical (unpaired) electrons. The van der Waals surface area contributed by atoms with Gasteiger partial charge in [0, 0.05) is 35.4 Å². The predicted molar refractivity (Wildman–Crippen MR) is 110 cm³/mol. The van der Waals surface area contributed by atoms with Gasteiger partial charge in [-0.2, -0.15) is 0 Å². The van der Waals surface area contributed by atoms with Gasteiger partial charge >= 0.3 is 5.97 Å². The number of methoxy groups -OCH3 is 1. The lowest BCUT2D eigenvalue weighted by Gasteiger charge is -2.30. The Labute approximate surface area is 163 Å². The molecule has 1 aliphatic rings. The number of rotatable bonds is 6. The number of thiophene rings is 1. The molecule has 27 heavy (non-hydrogen) atoms. The third-order valence-corrected chi connectivity index (χ3v) is 5.39. The first-order valence-electron chi connectivity index (χ1n) is 9.13. The first-order chi connectivity index (χ1) is 13.2. The van der Waals surface area contributed by atoms with Crippen molar-refractivity contribution < 1.29 is 14.3 Å². The highest BCUT2D eigenvalue weighted by atomic mass is 32.1. The number of hydrogen-bond donors (Lipinski definition) is 1. The van der Waals surface area contributed by atoms with Crippen LogP contribution >= 0.6 is 11.3 Å². The van der Waals surface area contributed by atoms with Gasteiger partial charge in [-0.3, -0.25) is 9.59 Å². The maximum Gasteiger partial charge on any atom is 0.310 e. The molecule has 0 saturated carbocycles. The SMILES string of the molecule is COC(=O)Cc1cc(NC(=O)/C=C/c2cccs2)ccc1N1CCCCC1. The molecule has 5 nitrogen and oxygen atoms in total. The first kappa shape index (κ1) is 19.2. The Balaban J connectivity index is 1.76. The van der Waals surface area contributed by atoms with Crippen molar-refractivity contribution in [1.82, 2.24) is 0 Å². The Kier molecular flexibility index (Phi) is 6.65. The zero-order chi connectivity index (χ0) is 19.1. The Morgan fingerprint density at radius 3 is 2.74 bits per heavy atom. The summed E-state index contributed by atoms with van der Waals surface area (Å²) in [7, 11) is 1.39. The standard InChI is InChI=1S/C21H24N2O3S/c1-26-21(25)15-16-14-17(7-9-19(16)23-11-3-2-4-12-23)22-20(24)10-8-18-6-5-13-27-18/h5-10,13-14H,2-4,11-12,15H2,1H3,(H,22,24)/b10-8+. The third kappa shape index (κ3) is 5.44. The summed E-state index contributed by atoms with van der Waals surface area (Å²) in [6.45, 7) is 1.98. The van der Waals surface area contributed by atoms with Crippen LogP contribution in [-0.4, -0.2) is 32.1 Å². The molecule has 1 saturated heterocycles. The van der Waals surface area contributed by atoms with Gasteiger partial charge in [-0.1, -0.05) is 6.07 Å². The van der Waals surface area contributed by atoms with Crippen molar-refractivity contribution in [2.24, 2.45) is 0 Å². The van der Waals surface area contributed by atoms with Crippen molar-refractivity contribution in [3.63, 3.8) is 0 Å². The van der Waals surface area contributed by atoms with E-state index in [4.69, 9.17) is 4.74 Å². The first-order valence-corrected chi connectivity index (χ1v) is 10.0. The van der Waals surface area contributed by atoms with E-state index in [-0.39, 0.29) is 18.3 Å². The Morgan fingerprint density at radius 2 is 2.04 bits per heavy atom. The number of anilines is 2. The number of benzene rings is 1. The van der Waals surface area contributed by atoms with Gasteiger partial charge in [-0.05, 0) is 60.5 Å². The molecule has 1 aromatic carbocycles. The molecule has 2 heterocycles. The summed E-state index contributed by atoms with van der Waals surface area (Å²) in [5, 5.41) is 4.84. The van der Waals surface area contributed by atoms with E-state index in [0.717, 1.165) is 42.1 Å². The van der Waals surface area contributed by atoms with Crippen LogP contribution in [0.4, 0.5) is 11.4 Å². The molecule has 1 aromatic heterocycles. The van der Waals surface area contributed by atoms with Crippen LogP contribution in [-0.2, 0) is 20.7 Å². The molecule has 0 bridgehead atoms. The summed E-state index contributed by atoms with van der Waals surface area (Å²) in [6.07, 6.45) is 7.06. The Bertz CT molecular complexity index is 809. The van der Waals surface area contributed by atoms with Gasteiger partial charge in [0.1, 0.15) is 0 Å². The van der Waals surface area contributed by atoms with E-state index in [1.165, 1.54) is 19.6 Å². The summed E-state index contributed by atoms with van der Waals surface area (Å²) in [6, 6.07) is 9.65. The van der Waals surface area contributed by atoms with Crippen LogP contribution in [0.2, 0.25) is 0 Å². The summed E-state index contributed by atoms with van der Waals surface area (Å²) < 4.78 is 4.84. The van der Waals surface area contributed by atoms with Crippen LogP contribution in [0.1, 0.15) is 29.7 Å². The highest BCUT2D eigenvalue weighted by molar-refractivity contribution is 7.10. The molecule has 142 valence electrons. The molecule has 0 unspecified atom stereocenters. The minimum Gasteiger partial charge on any atom is -0.469 e. The van der Waals surface area contributed by atoms with Gasteiger partial charge < -0.3 is 15.0 Å². The molecule has 2 aromatic rings. The van der Waals surface area contributed by atoms with Gasteiger partial charge in [0.05, 0.1) is 13.5 Å². The smallest absolute Gasteiger partial charge is 0.310 e. The summed E-state index contributed by atoms with van der Waals surface area (Å²) in [5.74, 6) is -0.479. The van der Waals surface area contributed by atoms with E-state index in [1.54, 1.807) is 17.4 Å². The average Bonchev–Trinajstić information content (AvgIpc) is 3.21. The zero-order valence-corrected chi connectivity index (χ0v) is 16.3. The Hall–Kier alpha value is -2.60. The van der Waals surface area contributed by atoms with E-state index in [1.807, 2.05) is 35.7 Å². The van der Waals surface area contributed by atoms with Gasteiger partial charge in [0.15, 0.2) is 0 Å². The van der Waals surface area contributed by atoms with Crippen molar-refractivity contribution in [3.05, 3.63) is 52.2 Å². The van der Waals surface area contributed by atoms with Crippen LogP contribution in [0.25, 0.3) is 6.08 Å². The van der Waals surface area contributed by atoms with Crippen LogP contribution < -0.4 is 10.2 Å². The molecule has 1 amide bonds. The van der Waals surface area contributed by atoms with E-state index < -0.39 is 0 Å². The Morgan fingerprint density at radius 1 is 1.22 bits per heavy atom. The molecule has 1 fully saturated rings. The van der Waals surface area contributed by atoms with E-state index >= 15 is 0 Å². The number of carbonyl (C=O) groups excluding carboxylic acids is 2. The van der Waals surface area contributed by atoms with Gasteiger partial charge in [-0.25, -0.2) is 0 Å². The van der Waals surface area contributed by atoms with E-state index in [2.05, 4.69) is 10.2 Å². The lowest BCUT2D eigenvalue weighted by molar-refractivity contribution is -0.139. The molecule has 6 heteroatoms. The molecular formula is C21H24N2O3S. The lowest BCUT2D eigenvalue weighted by Crippen LogP contribution is -2.30. The number of ether oxygens (including phenoxy) is 1. The number of nitrogens with one attached hydrogen (secondary N) is 1. The molecule has 0 spiro atoms. The summed E-state index contributed by atoms with van der Waals surface area (Å²) in [5.41, 5.74) is 2.60. The second-order valence-corrected chi connectivity index (χ2v) is 7.46. The van der Waals surface area contributed by atoms with Crippen molar-refractivity contribution in [2.45, 2.75) is 25.7 Å². The van der Waals surface area contributed by atoms with Crippen molar-refractivity contribution in [1.29, 1.82) is 0 Å². The fourth-order valence-corrected chi connectivity index (χ4v) is 3.82. The van der Waals surface area contributed by atoms with Crippen LogP contribution in [0.3, 0.4) is 0 Å². The number of nitrogens with zero attached hydrogens (tertiary/aromatic N) is 1. The molecular weight excluding hydrogens is 360 g/mol. The van der Waals surface area contributed by atoms with E-state index in [9.17, 15) is 9.59 Å². The average molecular weight is 385 g/mol. The van der Waals surface area contributed by atoms with Gasteiger partial charge in [0.25, 0.3) is 0 Å². The highest BCUT2D eigenvalue weighted by Gasteiger charge is 2.17. The molecule has 0 atom stereocenters. The van der Waals surface area contributed by atoms with Crippen molar-refractivity contribution in [2.75, 3.05) is 30.4 Å². The quantitative estimate of drug-likeness (QED) is 0.602. The molecule has 1 N–H and O–H groups in total. The minimum atomic E-state index is -0.283. The fraction of sp³-hybridized carbons (Fsp3) is 0.333. The minimum absolute atomic E-state index is 0.192. The number of esters is 1. The predicted octanol–water partition coefficient (Wildman–Crippen LogP) is 4.11. The largest absolute Gasteiger partial charge is 0.469 e. The number of piperidine rings is 1. The monoisotopic (exact) mass is 384 g/mol.